The van der Waals surface area contributed by atoms with E-state index in [2.05, 4.69) is 25.3 Å². The number of hydrogen-bond donors (Lipinski definition) is 1. The topological polar surface area (TPSA) is 99.6 Å². The van der Waals surface area contributed by atoms with E-state index >= 15 is 0 Å². The second kappa shape index (κ2) is 11.7. The fourth-order valence-corrected chi connectivity index (χ4v) is 6.89. The van der Waals surface area contributed by atoms with E-state index in [1.54, 1.807) is 17.9 Å². The van der Waals surface area contributed by atoms with Gasteiger partial charge in [0, 0.05) is 31.0 Å². The predicted octanol–water partition coefficient (Wildman–Crippen LogP) is 3.01. The maximum atomic E-state index is 14.6. The van der Waals surface area contributed by atoms with Crippen LogP contribution in [-0.2, 0) is 23.9 Å². The van der Waals surface area contributed by atoms with Crippen LogP contribution < -0.4 is 9.80 Å². The summed E-state index contributed by atoms with van der Waals surface area (Å²) in [5.41, 5.74) is 0.586. The minimum Gasteiger partial charge on any atom is -0.466 e. The van der Waals surface area contributed by atoms with Crippen molar-refractivity contribution in [3.8, 4) is 0 Å². The van der Waals surface area contributed by atoms with Crippen molar-refractivity contribution in [2.24, 2.45) is 17.8 Å². The number of aliphatic hydroxyl groups is 1. The molecule has 2 amide bonds. The van der Waals surface area contributed by atoms with Crippen LogP contribution in [0.25, 0.3) is 0 Å². The molecular weight excluding hydrogens is 498 g/mol. The molecule has 1 aromatic carbocycles. The number of benzene rings is 1. The van der Waals surface area contributed by atoms with E-state index in [9.17, 15) is 19.5 Å². The molecule has 3 saturated heterocycles. The molecule has 3 fully saturated rings. The lowest BCUT2D eigenvalue weighted by molar-refractivity contribution is -0.155. The van der Waals surface area contributed by atoms with Crippen LogP contribution in [0.4, 0.5) is 11.4 Å². The Balaban J connectivity index is 1.78. The van der Waals surface area contributed by atoms with Gasteiger partial charge >= 0.3 is 5.97 Å². The number of esters is 1. The highest BCUT2D eigenvalue weighted by Gasteiger charge is 2.75. The van der Waals surface area contributed by atoms with E-state index in [0.717, 1.165) is 18.8 Å². The van der Waals surface area contributed by atoms with Gasteiger partial charge in [-0.3, -0.25) is 14.4 Å². The molecule has 3 heterocycles. The number of aliphatic hydroxyl groups excluding tert-OH is 1. The molecule has 1 aromatic rings. The maximum Gasteiger partial charge on any atom is 0.312 e. The minimum absolute atomic E-state index is 0.121. The summed E-state index contributed by atoms with van der Waals surface area (Å²) in [5, 5.41) is 10.4. The van der Waals surface area contributed by atoms with E-state index in [1.807, 2.05) is 38.1 Å². The van der Waals surface area contributed by atoms with Crippen LogP contribution in [0.2, 0.25) is 0 Å². The summed E-state index contributed by atoms with van der Waals surface area (Å²) in [7, 11) is 0. The highest BCUT2D eigenvalue weighted by Crippen LogP contribution is 2.59. The molecule has 39 heavy (non-hydrogen) atoms. The molecule has 0 aliphatic carbocycles. The molecule has 0 aromatic heterocycles. The Labute approximate surface area is 231 Å². The van der Waals surface area contributed by atoms with Crippen LogP contribution >= 0.6 is 0 Å². The number of carbonyl (C=O) groups excluding carboxylic acids is 3. The summed E-state index contributed by atoms with van der Waals surface area (Å²) in [5.74, 6) is -2.80. The van der Waals surface area contributed by atoms with Crippen molar-refractivity contribution in [3.63, 3.8) is 0 Å². The third-order valence-electron chi connectivity index (χ3n) is 8.71. The monoisotopic (exact) mass is 541 g/mol. The first-order valence-electron chi connectivity index (χ1n) is 14.2. The lowest BCUT2D eigenvalue weighted by atomic mass is 9.70. The first-order chi connectivity index (χ1) is 18.7. The summed E-state index contributed by atoms with van der Waals surface area (Å²) in [4.78, 5) is 47.1. The number of amides is 2. The van der Waals surface area contributed by atoms with Gasteiger partial charge in [-0.15, -0.1) is 6.58 Å². The van der Waals surface area contributed by atoms with Crippen LogP contribution in [0.5, 0.6) is 0 Å². The highest BCUT2D eigenvalue weighted by atomic mass is 16.6. The van der Waals surface area contributed by atoms with Gasteiger partial charge < -0.3 is 29.3 Å². The Kier molecular flexibility index (Phi) is 8.71. The van der Waals surface area contributed by atoms with E-state index < -0.39 is 41.6 Å². The minimum atomic E-state index is -1.15. The Morgan fingerprint density at radius 1 is 1.21 bits per heavy atom. The normalized spacial score (nSPS) is 28.0. The van der Waals surface area contributed by atoms with Crippen LogP contribution in [0.3, 0.4) is 0 Å². The fraction of sp³-hybridized carbons (Fsp3) is 0.633. The molecule has 0 radical (unpaired) electrons. The van der Waals surface area contributed by atoms with Gasteiger partial charge in [-0.2, -0.15) is 0 Å². The Morgan fingerprint density at radius 2 is 1.85 bits per heavy atom. The van der Waals surface area contributed by atoms with Crippen LogP contribution in [0, 0.1) is 17.8 Å². The zero-order valence-electron chi connectivity index (χ0n) is 23.8. The third kappa shape index (κ3) is 4.73. The number of nitrogens with zero attached hydrogens (tertiary/aromatic N) is 3. The lowest BCUT2D eigenvalue weighted by Crippen LogP contribution is -2.59. The number of ether oxygens (including phenoxy) is 2. The van der Waals surface area contributed by atoms with Gasteiger partial charge in [-0.05, 0) is 63.8 Å². The summed E-state index contributed by atoms with van der Waals surface area (Å²) in [6.45, 7) is 15.5. The van der Waals surface area contributed by atoms with E-state index in [-0.39, 0.29) is 37.5 Å². The molecule has 2 unspecified atom stereocenters. The van der Waals surface area contributed by atoms with Crippen molar-refractivity contribution in [1.82, 2.24) is 4.90 Å². The second-order valence-electron chi connectivity index (χ2n) is 11.0. The first kappa shape index (κ1) is 29.1. The maximum absolute atomic E-state index is 14.6. The average molecular weight is 542 g/mol. The predicted molar refractivity (Wildman–Crippen MR) is 149 cm³/mol. The summed E-state index contributed by atoms with van der Waals surface area (Å²) in [6, 6.07) is 6.21. The number of rotatable bonds is 12. The number of likely N-dealkylation sites (tertiary alicyclic amines) is 1. The van der Waals surface area contributed by atoms with Gasteiger partial charge in [0.15, 0.2) is 0 Å². The summed E-state index contributed by atoms with van der Waals surface area (Å²) in [6.07, 6.45) is 2.24. The molecule has 2 bridgehead atoms. The van der Waals surface area contributed by atoms with Gasteiger partial charge in [0.1, 0.15) is 11.6 Å². The zero-order valence-corrected chi connectivity index (χ0v) is 23.8. The van der Waals surface area contributed by atoms with Gasteiger partial charge in [0.2, 0.25) is 5.91 Å². The molecule has 0 saturated carbocycles. The molecule has 3 aliphatic heterocycles. The van der Waals surface area contributed by atoms with Crippen LogP contribution in [0.15, 0.2) is 36.9 Å². The summed E-state index contributed by atoms with van der Waals surface area (Å²) >= 11 is 0. The Morgan fingerprint density at radius 3 is 2.38 bits per heavy atom. The van der Waals surface area contributed by atoms with E-state index in [1.165, 1.54) is 4.90 Å². The smallest absolute Gasteiger partial charge is 0.312 e. The standard InChI is InChI=1S/C30H43N3O6/c1-7-17-32(21-13-11-20(12-14-21)31(8-2)9-3)28(36)26-30-16-15-23(39-30)24(29(37)38-10-4)25(30)27(35)33(26)22(18-34)19(5)6/h7,11-14,19,22-26,34H,1,8-10,15-18H2,2-6H3/t22-,23+,24-,25-,26?,30?/m0/s1. The van der Waals surface area contributed by atoms with Gasteiger partial charge in [0.25, 0.3) is 5.91 Å². The quantitative estimate of drug-likeness (QED) is 0.321. The SMILES string of the molecule is C=CCN(C(=O)C1N([C@@H](CO)C(C)C)C(=O)[C@@H]2[C@@H](C(=O)OCC)[C@H]3CCC12O3)c1ccc(N(CC)CC)cc1. The molecule has 3 aliphatic rings. The van der Waals surface area contributed by atoms with E-state index in [4.69, 9.17) is 9.47 Å². The largest absolute Gasteiger partial charge is 0.466 e. The highest BCUT2D eigenvalue weighted by molar-refractivity contribution is 6.05. The summed E-state index contributed by atoms with van der Waals surface area (Å²) < 4.78 is 11.8. The molecule has 1 N–H and O–H groups in total. The number of carbonyl (C=O) groups is 3. The van der Waals surface area contributed by atoms with Crippen molar-refractivity contribution >= 4 is 29.2 Å². The van der Waals surface area contributed by atoms with Crippen molar-refractivity contribution in [2.45, 2.75) is 71.2 Å². The average Bonchev–Trinajstić information content (AvgIpc) is 3.56. The number of fused-ring (bicyclic) bond motifs is 1. The molecule has 9 heteroatoms. The molecule has 6 atom stereocenters. The van der Waals surface area contributed by atoms with Gasteiger partial charge in [-0.1, -0.05) is 19.9 Å². The van der Waals surface area contributed by atoms with Crippen molar-refractivity contribution in [2.75, 3.05) is 42.6 Å². The molecule has 214 valence electrons. The third-order valence-corrected chi connectivity index (χ3v) is 8.71. The number of hydrogen-bond acceptors (Lipinski definition) is 7. The van der Waals surface area contributed by atoms with Crippen molar-refractivity contribution in [1.29, 1.82) is 0 Å². The fourth-order valence-electron chi connectivity index (χ4n) is 6.89. The van der Waals surface area contributed by atoms with Crippen molar-refractivity contribution < 1.29 is 29.0 Å². The van der Waals surface area contributed by atoms with Crippen LogP contribution in [-0.4, -0.2) is 84.4 Å². The Hall–Kier alpha value is -2.91. The first-order valence-corrected chi connectivity index (χ1v) is 14.2. The van der Waals surface area contributed by atoms with Gasteiger partial charge in [0.05, 0.1) is 37.2 Å². The lowest BCUT2D eigenvalue weighted by Gasteiger charge is -2.40. The van der Waals surface area contributed by atoms with Crippen LogP contribution in [0.1, 0.15) is 47.5 Å². The number of anilines is 2. The van der Waals surface area contributed by atoms with Crippen molar-refractivity contribution in [3.05, 3.63) is 36.9 Å². The zero-order chi connectivity index (χ0) is 28.5. The second-order valence-corrected chi connectivity index (χ2v) is 11.0. The molecule has 1 spiro atoms. The molecule has 4 rings (SSSR count). The molecule has 9 nitrogen and oxygen atoms in total. The van der Waals surface area contributed by atoms with Gasteiger partial charge in [-0.25, -0.2) is 0 Å². The van der Waals surface area contributed by atoms with E-state index in [0.29, 0.717) is 18.5 Å². The molecular formula is C30H43N3O6. The Bertz CT molecular complexity index is 1070.